The molecule has 174 valence electrons. The van der Waals surface area contributed by atoms with Crippen LogP contribution in [0.25, 0.3) is 0 Å². The molecule has 1 atom stereocenters. The van der Waals surface area contributed by atoms with E-state index in [1.54, 1.807) is 26.8 Å². The fraction of sp³-hybridized carbons (Fsp3) is 0.391. The number of allylic oxidation sites excluding steroid dienone is 1. The van der Waals surface area contributed by atoms with Crippen molar-refractivity contribution >= 4 is 45.0 Å². The molecule has 4 rings (SSSR count). The van der Waals surface area contributed by atoms with Gasteiger partial charge >= 0.3 is 11.9 Å². The normalized spacial score (nSPS) is 18.9. The van der Waals surface area contributed by atoms with Crippen molar-refractivity contribution in [2.75, 3.05) is 13.2 Å². The highest BCUT2D eigenvalue weighted by atomic mass is 79.9. The van der Waals surface area contributed by atoms with E-state index in [1.165, 1.54) is 23.5 Å². The van der Waals surface area contributed by atoms with Crippen LogP contribution in [-0.2, 0) is 24.5 Å². The fourth-order valence-corrected chi connectivity index (χ4v) is 5.20. The molecule has 0 amide bonds. The minimum absolute atomic E-state index is 0.218. The molecule has 0 saturated heterocycles. The van der Waals surface area contributed by atoms with E-state index in [-0.39, 0.29) is 12.6 Å². The second-order valence-electron chi connectivity index (χ2n) is 7.77. The predicted octanol–water partition coefficient (Wildman–Crippen LogP) is 4.57. The Kier molecular flexibility index (Phi) is 6.67. The van der Waals surface area contributed by atoms with Gasteiger partial charge in [0, 0.05) is 15.5 Å². The molecule has 1 aliphatic carbocycles. The van der Waals surface area contributed by atoms with Crippen LogP contribution in [0.15, 0.2) is 44.3 Å². The zero-order chi connectivity index (χ0) is 23.8. The maximum absolute atomic E-state index is 13.7. The summed E-state index contributed by atoms with van der Waals surface area (Å²) in [5.74, 6) is -0.683. The average molecular weight is 536 g/mol. The summed E-state index contributed by atoms with van der Waals surface area (Å²) in [6.45, 7) is 5.82. The van der Waals surface area contributed by atoms with Gasteiger partial charge in [0.2, 0.25) is 0 Å². The van der Waals surface area contributed by atoms with E-state index in [4.69, 9.17) is 19.5 Å². The lowest BCUT2D eigenvalue weighted by Gasteiger charge is -2.26. The molecule has 7 nitrogen and oxygen atoms in total. The molecule has 2 aliphatic rings. The number of hydrogen-bond donors (Lipinski definition) is 1. The van der Waals surface area contributed by atoms with Crippen LogP contribution >= 0.6 is 27.3 Å². The third-order valence-electron chi connectivity index (χ3n) is 5.61. The summed E-state index contributed by atoms with van der Waals surface area (Å²) >= 11 is 4.76. The molecule has 1 aromatic carbocycles. The number of benzene rings is 1. The van der Waals surface area contributed by atoms with Gasteiger partial charge in [-0.15, -0.1) is 11.3 Å². The number of nitrogens with zero attached hydrogens (tertiary/aromatic N) is 2. The highest BCUT2D eigenvalue weighted by molar-refractivity contribution is 9.10. The predicted molar refractivity (Wildman–Crippen MR) is 126 cm³/mol. The monoisotopic (exact) mass is 535 g/mol. The molecule has 0 radical (unpaired) electrons. The first-order valence-corrected chi connectivity index (χ1v) is 12.3. The van der Waals surface area contributed by atoms with E-state index < -0.39 is 23.2 Å². The quantitative estimate of drug-likeness (QED) is 0.522. The van der Waals surface area contributed by atoms with Crippen LogP contribution in [0.4, 0.5) is 4.39 Å². The molecule has 2 heterocycles. The summed E-state index contributed by atoms with van der Waals surface area (Å²) in [6.07, 6.45) is 1.40. The lowest BCUT2D eigenvalue weighted by atomic mass is 9.96. The fourth-order valence-electron chi connectivity index (χ4n) is 3.77. The van der Waals surface area contributed by atoms with Gasteiger partial charge in [-0.3, -0.25) is 9.79 Å². The standard InChI is InChI=1S/C23H23BrFN3O4S/c1-4-31-21(29)17-12(3)26-19(28-18(17)14-7-6-13(25)10-15(14)24)20-27-16(11-33-20)23(8-9-23)22(30)32-5-2/h6-7,10-11,18H,4-5,8-9H2,1-3H3,(H,26,28). The number of hydrogen-bond acceptors (Lipinski definition) is 8. The van der Waals surface area contributed by atoms with Crippen molar-refractivity contribution in [3.05, 3.63) is 61.4 Å². The summed E-state index contributed by atoms with van der Waals surface area (Å²) in [5, 5.41) is 5.61. The van der Waals surface area contributed by atoms with E-state index >= 15 is 0 Å². The van der Waals surface area contributed by atoms with Crippen LogP contribution in [0.3, 0.4) is 0 Å². The Morgan fingerprint density at radius 1 is 1.27 bits per heavy atom. The topological polar surface area (TPSA) is 89.9 Å². The van der Waals surface area contributed by atoms with E-state index in [2.05, 4.69) is 21.2 Å². The Hall–Kier alpha value is -2.59. The molecule has 1 saturated carbocycles. The number of ether oxygens (including phenoxy) is 2. The van der Waals surface area contributed by atoms with Crippen molar-refractivity contribution in [2.24, 2.45) is 4.99 Å². The third-order valence-corrected chi connectivity index (χ3v) is 7.14. The summed E-state index contributed by atoms with van der Waals surface area (Å²) in [4.78, 5) is 34.7. The molecule has 33 heavy (non-hydrogen) atoms. The Balaban J connectivity index is 1.73. The van der Waals surface area contributed by atoms with Gasteiger partial charge in [-0.2, -0.15) is 0 Å². The Morgan fingerprint density at radius 3 is 2.64 bits per heavy atom. The molecule has 1 N–H and O–H groups in total. The number of rotatable bonds is 7. The van der Waals surface area contributed by atoms with Gasteiger partial charge < -0.3 is 14.8 Å². The second-order valence-corrected chi connectivity index (χ2v) is 9.48. The first-order chi connectivity index (χ1) is 15.8. The summed E-state index contributed by atoms with van der Waals surface area (Å²) in [7, 11) is 0. The van der Waals surface area contributed by atoms with Gasteiger partial charge in [0.1, 0.15) is 17.3 Å². The first-order valence-electron chi connectivity index (χ1n) is 10.6. The van der Waals surface area contributed by atoms with Gasteiger partial charge in [0.15, 0.2) is 10.8 Å². The smallest absolute Gasteiger partial charge is 0.338 e. The zero-order valence-corrected chi connectivity index (χ0v) is 20.8. The number of amidine groups is 1. The van der Waals surface area contributed by atoms with E-state index in [0.717, 1.165) is 0 Å². The van der Waals surface area contributed by atoms with E-state index in [1.807, 2.05) is 5.38 Å². The van der Waals surface area contributed by atoms with Crippen molar-refractivity contribution in [1.29, 1.82) is 0 Å². The molecule has 10 heteroatoms. The zero-order valence-electron chi connectivity index (χ0n) is 18.4. The van der Waals surface area contributed by atoms with Gasteiger partial charge in [0.25, 0.3) is 0 Å². The SMILES string of the molecule is CCOC(=O)C1=C(C)NC(c2nc(C3(C(=O)OCC)CC3)cs2)=NC1c1ccc(F)cc1Br. The van der Waals surface area contributed by atoms with Crippen LogP contribution in [0, 0.1) is 5.82 Å². The maximum atomic E-state index is 13.7. The number of halogens is 2. The number of aliphatic imine (C=N–C) groups is 1. The summed E-state index contributed by atoms with van der Waals surface area (Å²) in [5.41, 5.74) is 1.53. The minimum Gasteiger partial charge on any atom is -0.465 e. The highest BCUT2D eigenvalue weighted by Crippen LogP contribution is 2.49. The van der Waals surface area contributed by atoms with Gasteiger partial charge in [0.05, 0.1) is 24.5 Å². The van der Waals surface area contributed by atoms with Crippen LogP contribution in [0.2, 0.25) is 0 Å². The van der Waals surface area contributed by atoms with Crippen LogP contribution < -0.4 is 5.32 Å². The number of thiazole rings is 1. The van der Waals surface area contributed by atoms with Crippen molar-refractivity contribution in [2.45, 2.75) is 45.1 Å². The number of carbonyl (C=O) groups is 2. The number of esters is 2. The maximum Gasteiger partial charge on any atom is 0.338 e. The lowest BCUT2D eigenvalue weighted by Crippen LogP contribution is -2.33. The second kappa shape index (κ2) is 9.34. The molecular weight excluding hydrogens is 513 g/mol. The van der Waals surface area contributed by atoms with Gasteiger partial charge in [-0.1, -0.05) is 22.0 Å². The van der Waals surface area contributed by atoms with Crippen molar-refractivity contribution in [3.8, 4) is 0 Å². The molecule has 1 aromatic heterocycles. The van der Waals surface area contributed by atoms with Gasteiger partial charge in [-0.05, 0) is 51.3 Å². The molecule has 2 aromatic rings. The number of aromatic nitrogens is 1. The van der Waals surface area contributed by atoms with Crippen molar-refractivity contribution in [3.63, 3.8) is 0 Å². The Bertz CT molecular complexity index is 1170. The molecule has 1 fully saturated rings. The highest BCUT2D eigenvalue weighted by Gasteiger charge is 2.54. The first kappa shape index (κ1) is 23.6. The Labute approximate surface area is 203 Å². The molecule has 0 bridgehead atoms. The summed E-state index contributed by atoms with van der Waals surface area (Å²) in [6, 6.07) is 3.54. The van der Waals surface area contributed by atoms with Crippen LogP contribution in [0.1, 0.15) is 55.9 Å². The van der Waals surface area contributed by atoms with Crippen molar-refractivity contribution in [1.82, 2.24) is 10.3 Å². The minimum atomic E-state index is -0.720. The summed E-state index contributed by atoms with van der Waals surface area (Å²) < 4.78 is 24.7. The van der Waals surface area contributed by atoms with Crippen molar-refractivity contribution < 1.29 is 23.5 Å². The largest absolute Gasteiger partial charge is 0.465 e. The van der Waals surface area contributed by atoms with Crippen LogP contribution in [-0.4, -0.2) is 36.0 Å². The van der Waals surface area contributed by atoms with Gasteiger partial charge in [-0.25, -0.2) is 14.2 Å². The number of nitrogens with one attached hydrogen (secondary N) is 1. The van der Waals surface area contributed by atoms with E-state index in [0.29, 0.717) is 57.3 Å². The van der Waals surface area contributed by atoms with E-state index in [9.17, 15) is 14.0 Å². The molecule has 1 unspecified atom stereocenters. The third kappa shape index (κ3) is 4.46. The molecular formula is C23H23BrFN3O4S. The lowest BCUT2D eigenvalue weighted by molar-refractivity contribution is -0.146. The molecule has 0 spiro atoms. The molecule has 1 aliphatic heterocycles. The Morgan fingerprint density at radius 2 is 2.00 bits per heavy atom. The average Bonchev–Trinajstić information content (AvgIpc) is 3.43. The van der Waals surface area contributed by atoms with Crippen LogP contribution in [0.5, 0.6) is 0 Å². The number of carbonyl (C=O) groups excluding carboxylic acids is 2.